The summed E-state index contributed by atoms with van der Waals surface area (Å²) in [6, 6.07) is 0. The van der Waals surface area contributed by atoms with Gasteiger partial charge in [-0.3, -0.25) is 5.10 Å². The van der Waals surface area contributed by atoms with E-state index < -0.39 is 0 Å². The van der Waals surface area contributed by atoms with Gasteiger partial charge in [-0.2, -0.15) is 10.2 Å². The number of aromatic nitrogens is 2. The minimum Gasteiger partial charge on any atom is -0.305 e. The molecule has 1 rings (SSSR count). The van der Waals surface area contributed by atoms with Gasteiger partial charge in [-0.1, -0.05) is 0 Å². The summed E-state index contributed by atoms with van der Waals surface area (Å²) in [5.41, 5.74) is 5.06. The van der Waals surface area contributed by atoms with Gasteiger partial charge in [0.1, 0.15) is 0 Å². The van der Waals surface area contributed by atoms with Crippen molar-refractivity contribution >= 4 is 6.21 Å². The predicted molar refractivity (Wildman–Crippen MR) is 53.8 cm³/mol. The predicted octanol–water partition coefficient (Wildman–Crippen LogP) is 1.44. The Kier molecular flexibility index (Phi) is 2.70. The standard InChI is InChI=1S/C9H16N4/c1-7-8(5-10-12-7)6-11-13-9(2,3)4/h5-6,13H,1-4H3,(H,10,12)/b11-6+. The number of hydrazone groups is 1. The quantitative estimate of drug-likeness (QED) is 0.534. The second-order valence-electron chi connectivity index (χ2n) is 4.07. The average molecular weight is 180 g/mol. The fourth-order valence-corrected chi connectivity index (χ4v) is 0.786. The monoisotopic (exact) mass is 180 g/mol. The zero-order chi connectivity index (χ0) is 9.90. The van der Waals surface area contributed by atoms with Crippen LogP contribution in [0.25, 0.3) is 0 Å². The van der Waals surface area contributed by atoms with Crippen LogP contribution in [0.2, 0.25) is 0 Å². The van der Waals surface area contributed by atoms with E-state index in [1.165, 1.54) is 0 Å². The normalized spacial score (nSPS) is 12.3. The molecule has 0 spiro atoms. The molecule has 0 amide bonds. The lowest BCUT2D eigenvalue weighted by Crippen LogP contribution is -2.31. The molecule has 0 unspecified atom stereocenters. The molecule has 0 aliphatic carbocycles. The number of nitrogens with zero attached hydrogens (tertiary/aromatic N) is 2. The first-order valence-corrected chi connectivity index (χ1v) is 4.29. The summed E-state index contributed by atoms with van der Waals surface area (Å²) in [6.07, 6.45) is 3.52. The maximum absolute atomic E-state index is 4.11. The summed E-state index contributed by atoms with van der Waals surface area (Å²) in [5.74, 6) is 0. The summed E-state index contributed by atoms with van der Waals surface area (Å²) >= 11 is 0. The summed E-state index contributed by atoms with van der Waals surface area (Å²) < 4.78 is 0. The lowest BCUT2D eigenvalue weighted by Gasteiger charge is -2.16. The molecule has 0 fully saturated rings. The first-order chi connectivity index (χ1) is 5.99. The maximum Gasteiger partial charge on any atom is 0.0578 e. The Morgan fingerprint density at radius 3 is 2.69 bits per heavy atom. The smallest absolute Gasteiger partial charge is 0.0578 e. The summed E-state index contributed by atoms with van der Waals surface area (Å²) in [4.78, 5) is 0. The third-order valence-corrected chi connectivity index (χ3v) is 1.47. The van der Waals surface area contributed by atoms with E-state index in [4.69, 9.17) is 0 Å². The van der Waals surface area contributed by atoms with Crippen molar-refractivity contribution in [1.82, 2.24) is 15.6 Å². The van der Waals surface area contributed by atoms with Crippen LogP contribution in [0.5, 0.6) is 0 Å². The van der Waals surface area contributed by atoms with E-state index in [1.807, 2.05) is 6.92 Å². The Hall–Kier alpha value is -1.32. The molecule has 0 saturated heterocycles. The number of rotatable bonds is 2. The SMILES string of the molecule is Cc1[nH]ncc1/C=N/NC(C)(C)C. The van der Waals surface area contributed by atoms with Crippen LogP contribution in [0.1, 0.15) is 32.0 Å². The van der Waals surface area contributed by atoms with E-state index >= 15 is 0 Å². The zero-order valence-corrected chi connectivity index (χ0v) is 8.55. The van der Waals surface area contributed by atoms with Crippen molar-refractivity contribution in [1.29, 1.82) is 0 Å². The van der Waals surface area contributed by atoms with E-state index in [9.17, 15) is 0 Å². The Labute approximate surface area is 78.4 Å². The van der Waals surface area contributed by atoms with E-state index in [0.717, 1.165) is 11.3 Å². The maximum atomic E-state index is 4.11. The molecule has 72 valence electrons. The van der Waals surface area contributed by atoms with Crippen molar-refractivity contribution in [2.45, 2.75) is 33.2 Å². The van der Waals surface area contributed by atoms with Gasteiger partial charge in [0.05, 0.1) is 12.4 Å². The molecular formula is C9H16N4. The van der Waals surface area contributed by atoms with Gasteiger partial charge in [-0.15, -0.1) is 0 Å². The molecule has 0 atom stereocenters. The first kappa shape index (κ1) is 9.77. The van der Waals surface area contributed by atoms with Gasteiger partial charge < -0.3 is 5.43 Å². The van der Waals surface area contributed by atoms with Gasteiger partial charge in [0.2, 0.25) is 0 Å². The molecule has 4 heteroatoms. The molecule has 1 aromatic heterocycles. The summed E-state index contributed by atoms with van der Waals surface area (Å²) in [5, 5.41) is 10.9. The number of hydrogen-bond donors (Lipinski definition) is 2. The average Bonchev–Trinajstić information content (AvgIpc) is 2.34. The second-order valence-corrected chi connectivity index (χ2v) is 4.07. The van der Waals surface area contributed by atoms with E-state index in [-0.39, 0.29) is 5.54 Å². The second kappa shape index (κ2) is 3.60. The molecule has 1 heterocycles. The van der Waals surface area contributed by atoms with Gasteiger partial charge in [-0.25, -0.2) is 0 Å². The van der Waals surface area contributed by atoms with Gasteiger partial charge >= 0.3 is 0 Å². The van der Waals surface area contributed by atoms with Crippen LogP contribution in [-0.4, -0.2) is 22.0 Å². The molecule has 0 aliphatic heterocycles. The minimum absolute atomic E-state index is 0.00808. The molecule has 0 saturated carbocycles. The number of H-pyrrole nitrogens is 1. The Morgan fingerprint density at radius 2 is 2.23 bits per heavy atom. The molecule has 0 radical (unpaired) electrons. The highest BCUT2D eigenvalue weighted by atomic mass is 15.3. The third kappa shape index (κ3) is 3.27. The van der Waals surface area contributed by atoms with Crippen LogP contribution < -0.4 is 5.43 Å². The van der Waals surface area contributed by atoms with Gasteiger partial charge in [0.25, 0.3) is 0 Å². The summed E-state index contributed by atoms with van der Waals surface area (Å²) in [6.45, 7) is 8.15. The molecule has 4 nitrogen and oxygen atoms in total. The molecular weight excluding hydrogens is 164 g/mol. The number of aryl methyl sites for hydroxylation is 1. The van der Waals surface area contributed by atoms with Crippen molar-refractivity contribution in [3.05, 3.63) is 17.5 Å². The van der Waals surface area contributed by atoms with Crippen molar-refractivity contribution in [3.63, 3.8) is 0 Å². The Balaban J connectivity index is 2.55. The van der Waals surface area contributed by atoms with Crippen molar-refractivity contribution < 1.29 is 0 Å². The lowest BCUT2D eigenvalue weighted by atomic mass is 10.1. The van der Waals surface area contributed by atoms with Gasteiger partial charge in [0, 0.05) is 16.8 Å². The van der Waals surface area contributed by atoms with Crippen LogP contribution in [0.3, 0.4) is 0 Å². The molecule has 0 aromatic carbocycles. The highest BCUT2D eigenvalue weighted by Crippen LogP contribution is 2.00. The van der Waals surface area contributed by atoms with Crippen LogP contribution in [0.15, 0.2) is 11.3 Å². The number of nitrogens with one attached hydrogen (secondary N) is 2. The van der Waals surface area contributed by atoms with Crippen molar-refractivity contribution in [2.75, 3.05) is 0 Å². The molecule has 0 aliphatic rings. The Morgan fingerprint density at radius 1 is 1.54 bits per heavy atom. The highest BCUT2D eigenvalue weighted by Gasteiger charge is 2.05. The van der Waals surface area contributed by atoms with Gasteiger partial charge in [-0.05, 0) is 27.7 Å². The van der Waals surface area contributed by atoms with Crippen LogP contribution in [0.4, 0.5) is 0 Å². The zero-order valence-electron chi connectivity index (χ0n) is 8.55. The van der Waals surface area contributed by atoms with E-state index in [1.54, 1.807) is 12.4 Å². The number of hydrogen-bond acceptors (Lipinski definition) is 3. The van der Waals surface area contributed by atoms with Crippen molar-refractivity contribution in [2.24, 2.45) is 5.10 Å². The Bertz CT molecular complexity index is 293. The van der Waals surface area contributed by atoms with Gasteiger partial charge in [0.15, 0.2) is 0 Å². The number of aromatic amines is 1. The highest BCUT2D eigenvalue weighted by molar-refractivity contribution is 5.80. The lowest BCUT2D eigenvalue weighted by molar-refractivity contribution is 0.442. The topological polar surface area (TPSA) is 53.1 Å². The molecule has 2 N–H and O–H groups in total. The van der Waals surface area contributed by atoms with E-state index in [0.29, 0.717) is 0 Å². The van der Waals surface area contributed by atoms with Crippen LogP contribution >= 0.6 is 0 Å². The molecule has 13 heavy (non-hydrogen) atoms. The largest absolute Gasteiger partial charge is 0.305 e. The first-order valence-electron chi connectivity index (χ1n) is 4.29. The molecule has 0 bridgehead atoms. The fraction of sp³-hybridized carbons (Fsp3) is 0.556. The van der Waals surface area contributed by atoms with Crippen molar-refractivity contribution in [3.8, 4) is 0 Å². The fourth-order valence-electron chi connectivity index (χ4n) is 0.786. The summed E-state index contributed by atoms with van der Waals surface area (Å²) in [7, 11) is 0. The van der Waals surface area contributed by atoms with Crippen LogP contribution in [0, 0.1) is 6.92 Å². The minimum atomic E-state index is 0.00808. The van der Waals surface area contributed by atoms with Crippen LogP contribution in [-0.2, 0) is 0 Å². The van der Waals surface area contributed by atoms with E-state index in [2.05, 4.69) is 41.5 Å². The molecule has 1 aromatic rings. The third-order valence-electron chi connectivity index (χ3n) is 1.47.